The maximum atomic E-state index is 13.0. The molecule has 2 aromatic rings. The monoisotopic (exact) mass is 280 g/mol. The van der Waals surface area contributed by atoms with Gasteiger partial charge in [-0.05, 0) is 30.7 Å². The Morgan fingerprint density at radius 3 is 2.89 bits per heavy atom. The minimum atomic E-state index is -0.444. The Labute approximate surface area is 116 Å². The third-order valence-corrected chi connectivity index (χ3v) is 2.67. The molecule has 1 aromatic heterocycles. The molecule has 0 saturated carbocycles. The van der Waals surface area contributed by atoms with Crippen molar-refractivity contribution in [2.45, 2.75) is 13.3 Å². The van der Waals surface area contributed by atoms with Crippen molar-refractivity contribution in [2.24, 2.45) is 0 Å². The number of benzene rings is 1. The molecule has 0 aliphatic heterocycles. The Morgan fingerprint density at radius 1 is 1.32 bits per heavy atom. The van der Waals surface area contributed by atoms with E-state index in [1.54, 1.807) is 18.3 Å². The molecule has 0 fully saturated rings. The molecule has 0 aliphatic carbocycles. The number of anilines is 3. The summed E-state index contributed by atoms with van der Waals surface area (Å²) in [4.78, 5) is 8.39. The van der Waals surface area contributed by atoms with Gasteiger partial charge >= 0.3 is 0 Å². The smallest absolute Gasteiger partial charge is 0.224 e. The number of hydrogen-bond acceptors (Lipinski definition) is 4. The highest BCUT2D eigenvalue weighted by molar-refractivity contribution is 6.31. The number of rotatable bonds is 5. The van der Waals surface area contributed by atoms with E-state index in [1.165, 1.54) is 12.1 Å². The second kappa shape index (κ2) is 6.33. The Bertz CT molecular complexity index is 562. The first kappa shape index (κ1) is 13.5. The van der Waals surface area contributed by atoms with Crippen molar-refractivity contribution in [1.82, 2.24) is 9.97 Å². The van der Waals surface area contributed by atoms with Crippen molar-refractivity contribution in [3.8, 4) is 0 Å². The highest BCUT2D eigenvalue weighted by atomic mass is 35.5. The zero-order valence-electron chi connectivity index (χ0n) is 10.5. The molecule has 2 N–H and O–H groups in total. The Hall–Kier alpha value is -1.88. The van der Waals surface area contributed by atoms with Gasteiger partial charge in [-0.15, -0.1) is 0 Å². The Morgan fingerprint density at radius 2 is 2.16 bits per heavy atom. The SMILES string of the molecule is CCCNc1nccc(Nc2ccc(F)c(Cl)c2)n1. The predicted octanol–water partition coefficient (Wildman–Crippen LogP) is 3.83. The van der Waals surface area contributed by atoms with Crippen LogP contribution in [0.4, 0.5) is 21.8 Å². The van der Waals surface area contributed by atoms with Gasteiger partial charge in [0.25, 0.3) is 0 Å². The van der Waals surface area contributed by atoms with Crippen LogP contribution < -0.4 is 10.6 Å². The van der Waals surface area contributed by atoms with Gasteiger partial charge in [0, 0.05) is 18.4 Å². The van der Waals surface area contributed by atoms with Crippen molar-refractivity contribution < 1.29 is 4.39 Å². The molecule has 0 bridgehead atoms. The van der Waals surface area contributed by atoms with E-state index in [2.05, 4.69) is 27.5 Å². The lowest BCUT2D eigenvalue weighted by atomic mass is 10.3. The summed E-state index contributed by atoms with van der Waals surface area (Å²) in [7, 11) is 0. The van der Waals surface area contributed by atoms with E-state index in [0.29, 0.717) is 17.5 Å². The minimum Gasteiger partial charge on any atom is -0.354 e. The summed E-state index contributed by atoms with van der Waals surface area (Å²) in [6.07, 6.45) is 2.65. The van der Waals surface area contributed by atoms with E-state index in [4.69, 9.17) is 11.6 Å². The maximum absolute atomic E-state index is 13.0. The van der Waals surface area contributed by atoms with Crippen LogP contribution in [0.15, 0.2) is 30.5 Å². The molecule has 0 saturated heterocycles. The van der Waals surface area contributed by atoms with Crippen molar-refractivity contribution >= 4 is 29.1 Å². The number of aromatic nitrogens is 2. The molecule has 19 heavy (non-hydrogen) atoms. The third kappa shape index (κ3) is 3.79. The van der Waals surface area contributed by atoms with Gasteiger partial charge < -0.3 is 10.6 Å². The van der Waals surface area contributed by atoms with Gasteiger partial charge in [0.05, 0.1) is 5.02 Å². The van der Waals surface area contributed by atoms with Gasteiger partial charge in [0.1, 0.15) is 11.6 Å². The van der Waals surface area contributed by atoms with E-state index < -0.39 is 5.82 Å². The highest BCUT2D eigenvalue weighted by Gasteiger charge is 2.03. The summed E-state index contributed by atoms with van der Waals surface area (Å²) in [5.41, 5.74) is 0.673. The molecule has 0 aliphatic rings. The van der Waals surface area contributed by atoms with Gasteiger partial charge in [-0.3, -0.25) is 0 Å². The third-order valence-electron chi connectivity index (χ3n) is 2.38. The van der Waals surface area contributed by atoms with E-state index in [-0.39, 0.29) is 5.02 Å². The van der Waals surface area contributed by atoms with E-state index in [0.717, 1.165) is 13.0 Å². The zero-order valence-corrected chi connectivity index (χ0v) is 11.2. The molecule has 0 amide bonds. The predicted molar refractivity (Wildman–Crippen MR) is 75.5 cm³/mol. The summed E-state index contributed by atoms with van der Waals surface area (Å²) in [5.74, 6) is 0.733. The van der Waals surface area contributed by atoms with Crippen molar-refractivity contribution in [2.75, 3.05) is 17.2 Å². The lowest BCUT2D eigenvalue weighted by Gasteiger charge is -2.08. The molecule has 0 radical (unpaired) electrons. The van der Waals surface area contributed by atoms with Crippen LogP contribution in [0.25, 0.3) is 0 Å². The highest BCUT2D eigenvalue weighted by Crippen LogP contribution is 2.22. The van der Waals surface area contributed by atoms with E-state index >= 15 is 0 Å². The number of hydrogen-bond donors (Lipinski definition) is 2. The number of halogens is 2. The maximum Gasteiger partial charge on any atom is 0.224 e. The van der Waals surface area contributed by atoms with Crippen LogP contribution in [0.2, 0.25) is 5.02 Å². The lowest BCUT2D eigenvalue weighted by Crippen LogP contribution is -2.05. The molecule has 6 heteroatoms. The van der Waals surface area contributed by atoms with Crippen molar-refractivity contribution in [3.05, 3.63) is 41.3 Å². The molecular formula is C13H14ClFN4. The molecule has 0 spiro atoms. The van der Waals surface area contributed by atoms with Crippen LogP contribution >= 0.6 is 11.6 Å². The zero-order chi connectivity index (χ0) is 13.7. The van der Waals surface area contributed by atoms with Crippen LogP contribution in [0.5, 0.6) is 0 Å². The van der Waals surface area contributed by atoms with Gasteiger partial charge in [0.15, 0.2) is 0 Å². The molecule has 0 unspecified atom stereocenters. The van der Waals surface area contributed by atoms with Gasteiger partial charge in [0.2, 0.25) is 5.95 Å². The average Bonchev–Trinajstić information content (AvgIpc) is 2.41. The average molecular weight is 281 g/mol. The second-order valence-electron chi connectivity index (χ2n) is 3.95. The first-order chi connectivity index (χ1) is 9.19. The number of nitrogens with one attached hydrogen (secondary N) is 2. The van der Waals surface area contributed by atoms with Gasteiger partial charge in [-0.2, -0.15) is 4.98 Å². The fourth-order valence-electron chi connectivity index (χ4n) is 1.47. The summed E-state index contributed by atoms with van der Waals surface area (Å²) in [6, 6.07) is 6.15. The van der Waals surface area contributed by atoms with Crippen LogP contribution in [-0.4, -0.2) is 16.5 Å². The van der Waals surface area contributed by atoms with Gasteiger partial charge in [-0.1, -0.05) is 18.5 Å². The summed E-state index contributed by atoms with van der Waals surface area (Å²) in [6.45, 7) is 2.88. The topological polar surface area (TPSA) is 49.8 Å². The van der Waals surface area contributed by atoms with Crippen LogP contribution in [-0.2, 0) is 0 Å². The van der Waals surface area contributed by atoms with Crippen LogP contribution in [0, 0.1) is 5.82 Å². The molecule has 100 valence electrons. The quantitative estimate of drug-likeness (QED) is 0.874. The molecule has 4 nitrogen and oxygen atoms in total. The molecule has 1 aromatic carbocycles. The normalized spacial score (nSPS) is 10.3. The van der Waals surface area contributed by atoms with Crippen molar-refractivity contribution in [3.63, 3.8) is 0 Å². The van der Waals surface area contributed by atoms with Crippen LogP contribution in [0.3, 0.4) is 0 Å². The van der Waals surface area contributed by atoms with E-state index in [9.17, 15) is 4.39 Å². The molecule has 0 atom stereocenters. The lowest BCUT2D eigenvalue weighted by molar-refractivity contribution is 0.628. The molecular weight excluding hydrogens is 267 g/mol. The Balaban J connectivity index is 2.11. The first-order valence-corrected chi connectivity index (χ1v) is 6.36. The largest absolute Gasteiger partial charge is 0.354 e. The fourth-order valence-corrected chi connectivity index (χ4v) is 1.65. The second-order valence-corrected chi connectivity index (χ2v) is 4.35. The minimum absolute atomic E-state index is 0.0726. The molecule has 1 heterocycles. The number of nitrogens with zero attached hydrogens (tertiary/aromatic N) is 2. The van der Waals surface area contributed by atoms with E-state index in [1.807, 2.05) is 0 Å². The first-order valence-electron chi connectivity index (χ1n) is 5.98. The standard InChI is InChI=1S/C13H14ClFN4/c1-2-6-16-13-17-7-5-12(19-13)18-9-3-4-11(15)10(14)8-9/h3-5,7-8H,2,6H2,1H3,(H2,16,17,18,19). The Kier molecular flexibility index (Phi) is 4.52. The van der Waals surface area contributed by atoms with Crippen LogP contribution in [0.1, 0.15) is 13.3 Å². The van der Waals surface area contributed by atoms with Crippen molar-refractivity contribution in [1.29, 1.82) is 0 Å². The summed E-state index contributed by atoms with van der Waals surface area (Å²) >= 11 is 5.72. The molecule has 2 rings (SSSR count). The van der Waals surface area contributed by atoms with Gasteiger partial charge in [-0.25, -0.2) is 9.37 Å². The fraction of sp³-hybridized carbons (Fsp3) is 0.231. The summed E-state index contributed by atoms with van der Waals surface area (Å²) < 4.78 is 13.0. The summed E-state index contributed by atoms with van der Waals surface area (Å²) in [5, 5.41) is 6.21.